The lowest BCUT2D eigenvalue weighted by molar-refractivity contribution is -0.129. The second kappa shape index (κ2) is 6.21. The molecular weight excluding hydrogens is 248 g/mol. The molecule has 1 aromatic rings. The second-order valence-corrected chi connectivity index (χ2v) is 5.37. The van der Waals surface area contributed by atoms with E-state index in [1.54, 1.807) is 0 Å². The topological polar surface area (TPSA) is 32.3 Å². The number of carbonyl (C=O) groups excluding carboxylic acids is 1. The van der Waals surface area contributed by atoms with Crippen LogP contribution in [0.4, 0.5) is 0 Å². The molecule has 18 heavy (non-hydrogen) atoms. The number of rotatable bonds is 4. The summed E-state index contributed by atoms with van der Waals surface area (Å²) in [5, 5.41) is 4.03. The Balaban J connectivity index is 1.84. The third-order valence-electron chi connectivity index (χ3n) is 3.39. The van der Waals surface area contributed by atoms with Gasteiger partial charge in [0.15, 0.2) is 0 Å². The Bertz CT molecular complexity index is 399. The van der Waals surface area contributed by atoms with Gasteiger partial charge in [-0.05, 0) is 43.1 Å². The normalized spacial score (nSPS) is 18.9. The number of nitrogens with zero attached hydrogens (tertiary/aromatic N) is 1. The maximum Gasteiger partial charge on any atom is 0.226 e. The fourth-order valence-electron chi connectivity index (χ4n) is 2.27. The van der Waals surface area contributed by atoms with Crippen molar-refractivity contribution in [3.63, 3.8) is 0 Å². The fourth-order valence-corrected chi connectivity index (χ4v) is 2.40. The van der Waals surface area contributed by atoms with E-state index in [0.717, 1.165) is 25.2 Å². The van der Waals surface area contributed by atoms with Crippen LogP contribution in [0.1, 0.15) is 12.0 Å². The number of hydrogen-bond donors (Lipinski definition) is 1. The predicted molar refractivity (Wildman–Crippen MR) is 73.8 cm³/mol. The van der Waals surface area contributed by atoms with Crippen LogP contribution in [-0.4, -0.2) is 37.5 Å². The summed E-state index contributed by atoms with van der Waals surface area (Å²) in [6.45, 7) is 2.95. The molecule has 2 rings (SSSR count). The highest BCUT2D eigenvalue weighted by Crippen LogP contribution is 2.12. The molecule has 1 atom stereocenters. The van der Waals surface area contributed by atoms with Crippen LogP contribution in [0.15, 0.2) is 24.3 Å². The molecule has 0 saturated carbocycles. The van der Waals surface area contributed by atoms with Gasteiger partial charge in [0.2, 0.25) is 5.91 Å². The van der Waals surface area contributed by atoms with Gasteiger partial charge in [0, 0.05) is 18.6 Å². The molecule has 1 amide bonds. The third-order valence-corrected chi connectivity index (χ3v) is 3.64. The van der Waals surface area contributed by atoms with E-state index in [-0.39, 0.29) is 5.91 Å². The van der Waals surface area contributed by atoms with Gasteiger partial charge in [-0.15, -0.1) is 0 Å². The molecule has 1 saturated heterocycles. The lowest BCUT2D eigenvalue weighted by atomic mass is 10.1. The summed E-state index contributed by atoms with van der Waals surface area (Å²) in [6, 6.07) is 7.46. The van der Waals surface area contributed by atoms with Crippen molar-refractivity contribution in [1.82, 2.24) is 10.2 Å². The van der Waals surface area contributed by atoms with E-state index in [1.807, 2.05) is 36.2 Å². The summed E-state index contributed by atoms with van der Waals surface area (Å²) in [4.78, 5) is 13.9. The van der Waals surface area contributed by atoms with E-state index >= 15 is 0 Å². The van der Waals surface area contributed by atoms with Gasteiger partial charge in [-0.1, -0.05) is 23.7 Å². The lowest BCUT2D eigenvalue weighted by Crippen LogP contribution is -2.33. The third kappa shape index (κ3) is 3.72. The molecule has 0 aliphatic carbocycles. The monoisotopic (exact) mass is 266 g/mol. The molecule has 1 heterocycles. The van der Waals surface area contributed by atoms with Gasteiger partial charge >= 0.3 is 0 Å². The number of amides is 1. The van der Waals surface area contributed by atoms with Gasteiger partial charge in [0.1, 0.15) is 0 Å². The number of halogens is 1. The van der Waals surface area contributed by atoms with E-state index in [1.165, 1.54) is 6.42 Å². The van der Waals surface area contributed by atoms with Gasteiger partial charge in [0.05, 0.1) is 6.42 Å². The summed E-state index contributed by atoms with van der Waals surface area (Å²) >= 11 is 5.82. The average molecular weight is 267 g/mol. The summed E-state index contributed by atoms with van der Waals surface area (Å²) in [5.74, 6) is 0.772. The fraction of sp³-hybridized carbons (Fsp3) is 0.500. The van der Waals surface area contributed by atoms with E-state index in [4.69, 9.17) is 11.6 Å². The van der Waals surface area contributed by atoms with Crippen LogP contribution in [0.2, 0.25) is 5.02 Å². The number of hydrogen-bond acceptors (Lipinski definition) is 2. The van der Waals surface area contributed by atoms with Crippen molar-refractivity contribution < 1.29 is 4.79 Å². The van der Waals surface area contributed by atoms with Gasteiger partial charge in [-0.25, -0.2) is 0 Å². The summed E-state index contributed by atoms with van der Waals surface area (Å²) in [5.41, 5.74) is 1.01. The van der Waals surface area contributed by atoms with Crippen molar-refractivity contribution in [2.75, 3.05) is 26.7 Å². The van der Waals surface area contributed by atoms with E-state index in [9.17, 15) is 4.79 Å². The molecule has 0 radical (unpaired) electrons. The molecule has 1 aliphatic heterocycles. The maximum atomic E-state index is 12.1. The predicted octanol–water partition coefficient (Wildman–Crippen LogP) is 1.95. The zero-order valence-electron chi connectivity index (χ0n) is 10.7. The SMILES string of the molecule is CN(CC1CCNC1)C(=O)Cc1ccc(Cl)cc1. The molecule has 1 unspecified atom stereocenters. The zero-order chi connectivity index (χ0) is 13.0. The minimum Gasteiger partial charge on any atom is -0.345 e. The Morgan fingerprint density at radius 3 is 2.78 bits per heavy atom. The molecule has 4 heteroatoms. The lowest BCUT2D eigenvalue weighted by Gasteiger charge is -2.20. The molecule has 1 N–H and O–H groups in total. The molecule has 0 spiro atoms. The van der Waals surface area contributed by atoms with Crippen LogP contribution < -0.4 is 5.32 Å². The zero-order valence-corrected chi connectivity index (χ0v) is 11.4. The standard InChI is InChI=1S/C14H19ClN2O/c1-17(10-12-6-7-16-9-12)14(18)8-11-2-4-13(15)5-3-11/h2-5,12,16H,6-10H2,1H3. The summed E-state index contributed by atoms with van der Waals surface area (Å²) in [7, 11) is 1.89. The summed E-state index contributed by atoms with van der Waals surface area (Å²) < 4.78 is 0. The Morgan fingerprint density at radius 2 is 2.17 bits per heavy atom. The van der Waals surface area contributed by atoms with Crippen molar-refractivity contribution in [1.29, 1.82) is 0 Å². The van der Waals surface area contributed by atoms with Gasteiger partial charge in [-0.3, -0.25) is 4.79 Å². The molecule has 1 fully saturated rings. The highest BCUT2D eigenvalue weighted by molar-refractivity contribution is 6.30. The molecule has 1 aromatic carbocycles. The first-order valence-electron chi connectivity index (χ1n) is 6.34. The van der Waals surface area contributed by atoms with Crippen molar-refractivity contribution in [2.45, 2.75) is 12.8 Å². The largest absolute Gasteiger partial charge is 0.345 e. The molecule has 3 nitrogen and oxygen atoms in total. The first kappa shape index (κ1) is 13.4. The highest BCUT2D eigenvalue weighted by atomic mass is 35.5. The van der Waals surface area contributed by atoms with Crippen molar-refractivity contribution >= 4 is 17.5 Å². The first-order chi connectivity index (χ1) is 8.65. The van der Waals surface area contributed by atoms with Crippen molar-refractivity contribution in [3.8, 4) is 0 Å². The minimum atomic E-state index is 0.171. The molecule has 0 aromatic heterocycles. The van der Waals surface area contributed by atoms with Gasteiger partial charge < -0.3 is 10.2 Å². The average Bonchev–Trinajstić information content (AvgIpc) is 2.85. The van der Waals surface area contributed by atoms with Crippen molar-refractivity contribution in [3.05, 3.63) is 34.9 Å². The number of nitrogens with one attached hydrogen (secondary N) is 1. The maximum absolute atomic E-state index is 12.1. The minimum absolute atomic E-state index is 0.171. The molecule has 98 valence electrons. The van der Waals surface area contributed by atoms with Gasteiger partial charge in [0.25, 0.3) is 0 Å². The Morgan fingerprint density at radius 1 is 1.44 bits per heavy atom. The van der Waals surface area contributed by atoms with Crippen LogP contribution in [0.25, 0.3) is 0 Å². The Hall–Kier alpha value is -1.06. The number of benzene rings is 1. The van der Waals surface area contributed by atoms with Crippen LogP contribution in [0.3, 0.4) is 0 Å². The quantitative estimate of drug-likeness (QED) is 0.904. The Kier molecular flexibility index (Phi) is 4.61. The number of carbonyl (C=O) groups is 1. The summed E-state index contributed by atoms with van der Waals surface area (Å²) in [6.07, 6.45) is 1.62. The van der Waals surface area contributed by atoms with Crippen LogP contribution in [0, 0.1) is 5.92 Å². The van der Waals surface area contributed by atoms with Crippen LogP contribution >= 0.6 is 11.6 Å². The molecular formula is C14H19ClN2O. The molecule has 0 bridgehead atoms. The van der Waals surface area contributed by atoms with Crippen molar-refractivity contribution in [2.24, 2.45) is 5.92 Å². The van der Waals surface area contributed by atoms with Gasteiger partial charge in [-0.2, -0.15) is 0 Å². The van der Waals surface area contributed by atoms with E-state index in [0.29, 0.717) is 17.4 Å². The second-order valence-electron chi connectivity index (χ2n) is 4.94. The molecule has 1 aliphatic rings. The first-order valence-corrected chi connectivity index (χ1v) is 6.72. The number of likely N-dealkylation sites (N-methyl/N-ethyl adjacent to an activating group) is 1. The van der Waals surface area contributed by atoms with E-state index < -0.39 is 0 Å². The Labute approximate surface area is 113 Å². The highest BCUT2D eigenvalue weighted by Gasteiger charge is 2.19. The van der Waals surface area contributed by atoms with E-state index in [2.05, 4.69) is 5.32 Å². The van der Waals surface area contributed by atoms with Crippen LogP contribution in [0.5, 0.6) is 0 Å². The van der Waals surface area contributed by atoms with Crippen LogP contribution in [-0.2, 0) is 11.2 Å². The smallest absolute Gasteiger partial charge is 0.226 e.